The number of carboxylic acid groups (broad SMARTS) is 1. The Morgan fingerprint density at radius 3 is 2.72 bits per heavy atom. The first-order chi connectivity index (χ1) is 8.60. The Kier molecular flexibility index (Phi) is 4.04. The summed E-state index contributed by atoms with van der Waals surface area (Å²) in [5, 5.41) is 17.2. The van der Waals surface area contributed by atoms with E-state index in [0.29, 0.717) is 15.1 Å². The predicted octanol–water partition coefficient (Wildman–Crippen LogP) is 2.09. The molecule has 0 aliphatic carbocycles. The molecule has 0 aliphatic heterocycles. The summed E-state index contributed by atoms with van der Waals surface area (Å²) in [4.78, 5) is 14.8. The lowest BCUT2D eigenvalue weighted by atomic mass is 10.3. The predicted molar refractivity (Wildman–Crippen MR) is 71.4 cm³/mol. The van der Waals surface area contributed by atoms with Crippen LogP contribution >= 0.6 is 34.9 Å². The molecule has 0 bridgehead atoms. The van der Waals surface area contributed by atoms with Crippen molar-refractivity contribution in [1.29, 1.82) is 0 Å². The molecule has 2 heterocycles. The maximum atomic E-state index is 10.8. The van der Waals surface area contributed by atoms with E-state index in [1.807, 2.05) is 6.26 Å². The highest BCUT2D eigenvalue weighted by Crippen LogP contribution is 2.34. The molecular weight excluding hydrogens is 292 g/mol. The van der Waals surface area contributed by atoms with Crippen molar-refractivity contribution < 1.29 is 9.90 Å². The normalized spacial score (nSPS) is 10.5. The third-order valence-corrected chi connectivity index (χ3v) is 4.83. The third kappa shape index (κ3) is 2.92. The molecule has 0 aliphatic rings. The van der Waals surface area contributed by atoms with Crippen molar-refractivity contribution in [2.75, 3.05) is 12.0 Å². The maximum absolute atomic E-state index is 10.8. The highest BCUT2D eigenvalue weighted by Gasteiger charge is 2.12. The Labute approximate surface area is 115 Å². The van der Waals surface area contributed by atoms with Crippen LogP contribution in [0.25, 0.3) is 0 Å². The van der Waals surface area contributed by atoms with Gasteiger partial charge in [0.2, 0.25) is 0 Å². The van der Waals surface area contributed by atoms with Crippen LogP contribution in [0.4, 0.5) is 5.69 Å². The van der Waals surface area contributed by atoms with E-state index in [4.69, 9.17) is 10.8 Å². The van der Waals surface area contributed by atoms with Gasteiger partial charge in [0.25, 0.3) is 0 Å². The molecule has 2 aromatic heterocycles. The first kappa shape index (κ1) is 13.1. The van der Waals surface area contributed by atoms with Crippen molar-refractivity contribution in [3.05, 3.63) is 17.8 Å². The molecule has 0 atom stereocenters. The summed E-state index contributed by atoms with van der Waals surface area (Å²) in [6.07, 6.45) is 1.91. The van der Waals surface area contributed by atoms with Crippen molar-refractivity contribution in [3.63, 3.8) is 0 Å². The van der Waals surface area contributed by atoms with E-state index in [0.717, 1.165) is 4.34 Å². The van der Waals surface area contributed by atoms with Gasteiger partial charge in [-0.2, -0.15) is 0 Å². The Morgan fingerprint density at radius 2 is 2.11 bits per heavy atom. The number of pyridine rings is 1. The van der Waals surface area contributed by atoms with Gasteiger partial charge in [-0.3, -0.25) is 0 Å². The first-order valence-electron chi connectivity index (χ1n) is 4.65. The number of rotatable bonds is 4. The molecule has 0 spiro atoms. The Hall–Kier alpha value is -1.32. The average molecular weight is 300 g/mol. The van der Waals surface area contributed by atoms with Gasteiger partial charge in [0.1, 0.15) is 10.7 Å². The van der Waals surface area contributed by atoms with Crippen LogP contribution in [0.5, 0.6) is 0 Å². The van der Waals surface area contributed by atoms with Crippen molar-refractivity contribution in [2.24, 2.45) is 0 Å². The summed E-state index contributed by atoms with van der Waals surface area (Å²) in [6, 6.07) is 2.89. The van der Waals surface area contributed by atoms with E-state index in [9.17, 15) is 4.79 Å². The molecule has 18 heavy (non-hydrogen) atoms. The number of aromatic nitrogens is 3. The van der Waals surface area contributed by atoms with E-state index in [1.54, 1.807) is 0 Å². The molecule has 0 aromatic carbocycles. The number of nitrogen functional groups attached to an aromatic ring is 1. The molecule has 0 radical (unpaired) electrons. The van der Waals surface area contributed by atoms with Crippen molar-refractivity contribution in [3.8, 4) is 0 Å². The van der Waals surface area contributed by atoms with Gasteiger partial charge in [-0.15, -0.1) is 10.2 Å². The van der Waals surface area contributed by atoms with Crippen LogP contribution in [0.2, 0.25) is 0 Å². The number of carbonyl (C=O) groups is 1. The van der Waals surface area contributed by atoms with Crippen molar-refractivity contribution >= 4 is 46.5 Å². The summed E-state index contributed by atoms with van der Waals surface area (Å²) >= 11 is 4.12. The number of aromatic carboxylic acids is 1. The van der Waals surface area contributed by atoms with E-state index in [2.05, 4.69) is 15.2 Å². The standard InChI is InChI=1S/C9H8N4O2S3/c1-16-8-12-13-9(18-8)17-6-4(10)2-3-5(11-6)7(14)15/h2-3H,10H2,1H3,(H,14,15). The summed E-state index contributed by atoms with van der Waals surface area (Å²) in [5.41, 5.74) is 6.13. The number of hydrogen-bond acceptors (Lipinski definition) is 8. The zero-order chi connectivity index (χ0) is 13.1. The van der Waals surface area contributed by atoms with Crippen molar-refractivity contribution in [2.45, 2.75) is 13.7 Å². The topological polar surface area (TPSA) is 102 Å². The summed E-state index contributed by atoms with van der Waals surface area (Å²) < 4.78 is 1.52. The zero-order valence-corrected chi connectivity index (χ0v) is 11.6. The highest BCUT2D eigenvalue weighted by molar-refractivity contribution is 8.03. The Morgan fingerprint density at radius 1 is 1.39 bits per heavy atom. The third-order valence-electron chi connectivity index (χ3n) is 1.86. The lowest BCUT2D eigenvalue weighted by molar-refractivity contribution is 0.0690. The molecule has 0 fully saturated rings. The molecular formula is C9H8N4O2S3. The van der Waals surface area contributed by atoms with Crippen LogP contribution in [-0.2, 0) is 0 Å². The second kappa shape index (κ2) is 5.55. The van der Waals surface area contributed by atoms with Crippen molar-refractivity contribution in [1.82, 2.24) is 15.2 Å². The number of carboxylic acids is 1. The fraction of sp³-hybridized carbons (Fsp3) is 0.111. The summed E-state index contributed by atoms with van der Waals surface area (Å²) in [5.74, 6) is -1.08. The van der Waals surface area contributed by atoms with E-state index < -0.39 is 5.97 Å². The molecule has 94 valence electrons. The monoisotopic (exact) mass is 300 g/mol. The quantitative estimate of drug-likeness (QED) is 0.827. The minimum Gasteiger partial charge on any atom is -0.477 e. The summed E-state index contributed by atoms with van der Waals surface area (Å²) in [7, 11) is 0. The SMILES string of the molecule is CSc1nnc(Sc2nc(C(=O)O)ccc2N)s1. The summed E-state index contributed by atoms with van der Waals surface area (Å²) in [6.45, 7) is 0. The largest absolute Gasteiger partial charge is 0.477 e. The molecule has 9 heteroatoms. The molecule has 0 saturated carbocycles. The van der Waals surface area contributed by atoms with Gasteiger partial charge in [-0.25, -0.2) is 9.78 Å². The van der Waals surface area contributed by atoms with Crippen LogP contribution in [0.15, 0.2) is 25.8 Å². The van der Waals surface area contributed by atoms with E-state index in [1.165, 1.54) is 47.0 Å². The second-order valence-electron chi connectivity index (χ2n) is 3.04. The van der Waals surface area contributed by atoms with Gasteiger partial charge in [0, 0.05) is 0 Å². The van der Waals surface area contributed by atoms with Gasteiger partial charge in [0.05, 0.1) is 5.69 Å². The molecule has 2 aromatic rings. The second-order valence-corrected chi connectivity index (χ2v) is 6.30. The average Bonchev–Trinajstić information content (AvgIpc) is 2.79. The van der Waals surface area contributed by atoms with Crippen LogP contribution in [-0.4, -0.2) is 32.5 Å². The minimum atomic E-state index is -1.08. The number of nitrogens with two attached hydrogens (primary N) is 1. The molecule has 2 rings (SSSR count). The molecule has 0 saturated heterocycles. The number of thioether (sulfide) groups is 1. The smallest absolute Gasteiger partial charge is 0.354 e. The van der Waals surface area contributed by atoms with Crippen LogP contribution in [0.1, 0.15) is 10.5 Å². The van der Waals surface area contributed by atoms with Crippen LogP contribution in [0, 0.1) is 0 Å². The van der Waals surface area contributed by atoms with Gasteiger partial charge < -0.3 is 10.8 Å². The number of hydrogen-bond donors (Lipinski definition) is 2. The molecule has 0 amide bonds. The molecule has 6 nitrogen and oxygen atoms in total. The van der Waals surface area contributed by atoms with Gasteiger partial charge in [-0.1, -0.05) is 23.1 Å². The van der Waals surface area contributed by atoms with Crippen LogP contribution in [0.3, 0.4) is 0 Å². The number of anilines is 1. The van der Waals surface area contributed by atoms with Crippen LogP contribution < -0.4 is 5.73 Å². The van der Waals surface area contributed by atoms with Gasteiger partial charge in [0.15, 0.2) is 8.68 Å². The lowest BCUT2D eigenvalue weighted by Gasteiger charge is -2.02. The lowest BCUT2D eigenvalue weighted by Crippen LogP contribution is -2.02. The fourth-order valence-electron chi connectivity index (χ4n) is 1.06. The van der Waals surface area contributed by atoms with Gasteiger partial charge in [-0.05, 0) is 30.2 Å². The zero-order valence-electron chi connectivity index (χ0n) is 9.15. The van der Waals surface area contributed by atoms with Gasteiger partial charge >= 0.3 is 5.97 Å². The molecule has 3 N–H and O–H groups in total. The maximum Gasteiger partial charge on any atom is 0.354 e. The fourth-order valence-corrected chi connectivity index (χ4v) is 3.44. The first-order valence-corrected chi connectivity index (χ1v) is 7.51. The van der Waals surface area contributed by atoms with E-state index >= 15 is 0 Å². The number of nitrogens with zero attached hydrogens (tertiary/aromatic N) is 3. The Bertz CT molecular complexity index is 587. The highest BCUT2D eigenvalue weighted by atomic mass is 32.2. The molecule has 0 unspecified atom stereocenters. The minimum absolute atomic E-state index is 0.0405. The Balaban J connectivity index is 2.27. The van der Waals surface area contributed by atoms with E-state index in [-0.39, 0.29) is 5.69 Å².